The molecule has 5 N–H and O–H groups in total. The molecule has 0 aromatic carbocycles. The van der Waals surface area contributed by atoms with Gasteiger partial charge in [-0.2, -0.15) is 0 Å². The second kappa shape index (κ2) is 9.98. The first kappa shape index (κ1) is 21.7. The Morgan fingerprint density at radius 3 is 2.08 bits per heavy atom. The molecule has 24 heavy (non-hydrogen) atoms. The van der Waals surface area contributed by atoms with Crippen molar-refractivity contribution in [2.75, 3.05) is 19.8 Å². The molecular formula is C16H32O8. The van der Waals surface area contributed by atoms with Gasteiger partial charge in [-0.15, -0.1) is 0 Å². The molecule has 8 heteroatoms. The topological polar surface area (TPSA) is 129 Å². The van der Waals surface area contributed by atoms with Crippen LogP contribution in [-0.2, 0) is 14.2 Å². The average molecular weight is 352 g/mol. The number of rotatable bonds is 9. The third-order valence-electron chi connectivity index (χ3n) is 4.72. The molecule has 0 aromatic heterocycles. The first-order chi connectivity index (χ1) is 11.3. The summed E-state index contributed by atoms with van der Waals surface area (Å²) >= 11 is 0. The van der Waals surface area contributed by atoms with Gasteiger partial charge in [0.05, 0.1) is 31.5 Å². The second-order valence-corrected chi connectivity index (χ2v) is 6.63. The van der Waals surface area contributed by atoms with Crippen molar-refractivity contribution in [3.63, 3.8) is 0 Å². The summed E-state index contributed by atoms with van der Waals surface area (Å²) in [6.07, 6.45) is -5.53. The normalized spacial score (nSPS) is 36.1. The van der Waals surface area contributed by atoms with E-state index < -0.39 is 49.3 Å². The molecule has 0 aliphatic carbocycles. The minimum absolute atomic E-state index is 0.0282. The highest BCUT2D eigenvalue weighted by molar-refractivity contribution is 4.87. The lowest BCUT2D eigenvalue weighted by Crippen LogP contribution is -2.56. The zero-order valence-electron chi connectivity index (χ0n) is 14.8. The van der Waals surface area contributed by atoms with Gasteiger partial charge in [-0.05, 0) is 13.8 Å². The van der Waals surface area contributed by atoms with E-state index in [1.807, 2.05) is 6.92 Å². The van der Waals surface area contributed by atoms with Crippen molar-refractivity contribution in [3.8, 4) is 0 Å². The van der Waals surface area contributed by atoms with Crippen molar-refractivity contribution in [2.45, 2.75) is 70.6 Å². The molecular weight excluding hydrogens is 320 g/mol. The molecule has 1 fully saturated rings. The van der Waals surface area contributed by atoms with Crippen LogP contribution >= 0.6 is 0 Å². The highest BCUT2D eigenvalue weighted by Crippen LogP contribution is 2.28. The lowest BCUT2D eigenvalue weighted by molar-refractivity contribution is -0.302. The Morgan fingerprint density at radius 1 is 0.958 bits per heavy atom. The zero-order chi connectivity index (χ0) is 18.4. The lowest BCUT2D eigenvalue weighted by atomic mass is 9.92. The van der Waals surface area contributed by atoms with Gasteiger partial charge in [0, 0.05) is 18.4 Å². The predicted octanol–water partition coefficient (Wildman–Crippen LogP) is -1.14. The first-order valence-electron chi connectivity index (χ1n) is 8.41. The fourth-order valence-corrected chi connectivity index (χ4v) is 2.54. The largest absolute Gasteiger partial charge is 0.396 e. The Labute approximate surface area is 143 Å². The lowest BCUT2D eigenvalue weighted by Gasteiger charge is -2.42. The molecule has 1 rings (SSSR count). The Balaban J connectivity index is 2.67. The van der Waals surface area contributed by atoms with E-state index in [1.54, 1.807) is 20.8 Å². The highest BCUT2D eigenvalue weighted by atomic mass is 16.7. The summed E-state index contributed by atoms with van der Waals surface area (Å²) < 4.78 is 17.0. The molecule has 1 heterocycles. The van der Waals surface area contributed by atoms with Crippen LogP contribution in [0.2, 0.25) is 0 Å². The number of aliphatic hydroxyl groups is 5. The Morgan fingerprint density at radius 2 is 1.58 bits per heavy atom. The maximum Gasteiger partial charge on any atom is 0.163 e. The maximum atomic E-state index is 10.0. The average Bonchev–Trinajstić information content (AvgIpc) is 2.58. The quantitative estimate of drug-likeness (QED) is 0.352. The summed E-state index contributed by atoms with van der Waals surface area (Å²) in [5.41, 5.74) is 0. The van der Waals surface area contributed by atoms with E-state index in [0.717, 1.165) is 0 Å². The molecule has 0 amide bonds. The molecule has 0 radical (unpaired) electrons. The fraction of sp³-hybridized carbons (Fsp3) is 1.00. The summed E-state index contributed by atoms with van der Waals surface area (Å²) in [4.78, 5) is 0. The van der Waals surface area contributed by atoms with Crippen LogP contribution in [0.5, 0.6) is 0 Å². The van der Waals surface area contributed by atoms with Crippen LogP contribution < -0.4 is 0 Å². The molecule has 1 aliphatic heterocycles. The van der Waals surface area contributed by atoms with Gasteiger partial charge in [0.2, 0.25) is 0 Å². The predicted molar refractivity (Wildman–Crippen MR) is 85.1 cm³/mol. The van der Waals surface area contributed by atoms with E-state index in [9.17, 15) is 20.4 Å². The van der Waals surface area contributed by atoms with Gasteiger partial charge in [-0.1, -0.05) is 13.8 Å². The van der Waals surface area contributed by atoms with Crippen LogP contribution in [0.4, 0.5) is 0 Å². The summed E-state index contributed by atoms with van der Waals surface area (Å²) in [5.74, 6) is -0.606. The smallest absolute Gasteiger partial charge is 0.163 e. The Kier molecular flexibility index (Phi) is 9.03. The molecule has 0 bridgehead atoms. The number of hydrogen-bond acceptors (Lipinski definition) is 8. The monoisotopic (exact) mass is 352 g/mol. The van der Waals surface area contributed by atoms with Crippen LogP contribution in [0.3, 0.4) is 0 Å². The van der Waals surface area contributed by atoms with Crippen LogP contribution in [0.25, 0.3) is 0 Å². The van der Waals surface area contributed by atoms with E-state index in [4.69, 9.17) is 19.3 Å². The van der Waals surface area contributed by atoms with Gasteiger partial charge >= 0.3 is 0 Å². The van der Waals surface area contributed by atoms with Crippen LogP contribution in [0.15, 0.2) is 0 Å². The molecule has 1 saturated heterocycles. The summed E-state index contributed by atoms with van der Waals surface area (Å²) in [7, 11) is 0. The standard InChI is InChI=1S/C16H32O8/c1-8(5-17)10(3)22-12(6-18)11(4)23-16-9(2)14(20)15(21)13(7-19)24-16/h8-21H,5-7H2,1-4H3/t8-,9-,10-,11-,12?,13?,14?,15+,16+/m0/s1. The van der Waals surface area contributed by atoms with Crippen LogP contribution in [-0.4, -0.2) is 88.3 Å². The first-order valence-corrected chi connectivity index (χ1v) is 8.41. The molecule has 3 unspecified atom stereocenters. The van der Waals surface area contributed by atoms with E-state index in [0.29, 0.717) is 0 Å². The van der Waals surface area contributed by atoms with Crippen molar-refractivity contribution in [2.24, 2.45) is 11.8 Å². The third-order valence-corrected chi connectivity index (χ3v) is 4.72. The zero-order valence-corrected chi connectivity index (χ0v) is 14.8. The maximum absolute atomic E-state index is 10.0. The second-order valence-electron chi connectivity index (χ2n) is 6.63. The number of ether oxygens (including phenoxy) is 3. The molecule has 0 saturated carbocycles. The van der Waals surface area contributed by atoms with Gasteiger partial charge < -0.3 is 39.7 Å². The molecule has 9 atom stereocenters. The Bertz CT molecular complexity index is 353. The van der Waals surface area contributed by atoms with Crippen molar-refractivity contribution >= 4 is 0 Å². The van der Waals surface area contributed by atoms with Gasteiger partial charge in [-0.3, -0.25) is 0 Å². The summed E-state index contributed by atoms with van der Waals surface area (Å²) in [6.45, 7) is 6.27. The van der Waals surface area contributed by atoms with Crippen molar-refractivity contribution in [1.29, 1.82) is 0 Å². The third kappa shape index (κ3) is 5.34. The SMILES string of the molecule is C[C@H](O[C@@H]1OC(CO)[C@@H](O)C(O)[C@@H]1C)C(CO)O[C@@H](C)[C@@H](C)CO. The van der Waals surface area contributed by atoms with Gasteiger partial charge in [0.1, 0.15) is 18.3 Å². The minimum Gasteiger partial charge on any atom is -0.396 e. The van der Waals surface area contributed by atoms with Crippen molar-refractivity contribution in [3.05, 3.63) is 0 Å². The molecule has 144 valence electrons. The Hall–Kier alpha value is -0.320. The van der Waals surface area contributed by atoms with Gasteiger partial charge in [0.15, 0.2) is 6.29 Å². The highest BCUT2D eigenvalue weighted by Gasteiger charge is 2.43. The van der Waals surface area contributed by atoms with E-state index in [-0.39, 0.29) is 25.2 Å². The molecule has 0 spiro atoms. The van der Waals surface area contributed by atoms with Crippen LogP contribution in [0.1, 0.15) is 27.7 Å². The molecule has 1 aliphatic rings. The van der Waals surface area contributed by atoms with Gasteiger partial charge in [0.25, 0.3) is 0 Å². The van der Waals surface area contributed by atoms with E-state index in [1.165, 1.54) is 0 Å². The van der Waals surface area contributed by atoms with Gasteiger partial charge in [-0.25, -0.2) is 0 Å². The fourth-order valence-electron chi connectivity index (χ4n) is 2.54. The van der Waals surface area contributed by atoms with Crippen molar-refractivity contribution in [1.82, 2.24) is 0 Å². The molecule has 0 aromatic rings. The minimum atomic E-state index is -1.18. The number of hydrogen-bond donors (Lipinski definition) is 5. The van der Waals surface area contributed by atoms with Crippen LogP contribution in [0, 0.1) is 11.8 Å². The molecule has 8 nitrogen and oxygen atoms in total. The van der Waals surface area contributed by atoms with Crippen molar-refractivity contribution < 1.29 is 39.7 Å². The summed E-state index contributed by atoms with van der Waals surface area (Å²) in [5, 5.41) is 47.8. The number of aliphatic hydroxyl groups excluding tert-OH is 5. The van der Waals surface area contributed by atoms with E-state index >= 15 is 0 Å². The summed E-state index contributed by atoms with van der Waals surface area (Å²) in [6, 6.07) is 0. The van der Waals surface area contributed by atoms with E-state index in [2.05, 4.69) is 0 Å².